The first kappa shape index (κ1) is 18.5. The topological polar surface area (TPSA) is 70.2 Å². The molecule has 5 nitrogen and oxygen atoms in total. The third-order valence-electron chi connectivity index (χ3n) is 3.16. The molecular weight excluding hydrogens is 341 g/mol. The van der Waals surface area contributed by atoms with Gasteiger partial charge in [0.2, 0.25) is 0 Å². The summed E-state index contributed by atoms with van der Waals surface area (Å²) in [5.74, 6) is -1.02. The van der Waals surface area contributed by atoms with Crippen LogP contribution in [0.1, 0.15) is 34.6 Å². The molecule has 2 rings (SSSR count). The number of nitrogens with one attached hydrogen (secondary N) is 3. The lowest BCUT2D eigenvalue weighted by atomic mass is 10.2. The first-order valence-electron chi connectivity index (χ1n) is 7.64. The van der Waals surface area contributed by atoms with Crippen molar-refractivity contribution in [2.45, 2.75) is 19.9 Å². The number of carbonyl (C=O) groups is 2. The third kappa shape index (κ3) is 5.65. The van der Waals surface area contributed by atoms with Crippen LogP contribution in [0.2, 0.25) is 0 Å². The van der Waals surface area contributed by atoms with E-state index in [0.717, 1.165) is 0 Å². The van der Waals surface area contributed by atoms with Gasteiger partial charge in [0.05, 0.1) is 0 Å². The van der Waals surface area contributed by atoms with Gasteiger partial charge in [0.25, 0.3) is 11.8 Å². The highest BCUT2D eigenvalue weighted by molar-refractivity contribution is 7.80. The Morgan fingerprint density at radius 3 is 2.00 bits per heavy atom. The van der Waals surface area contributed by atoms with Crippen LogP contribution in [0, 0.1) is 5.82 Å². The zero-order chi connectivity index (χ0) is 18.4. The van der Waals surface area contributed by atoms with Gasteiger partial charge >= 0.3 is 0 Å². The van der Waals surface area contributed by atoms with Gasteiger partial charge in [0.15, 0.2) is 5.11 Å². The van der Waals surface area contributed by atoms with Crippen LogP contribution in [0.5, 0.6) is 0 Å². The lowest BCUT2D eigenvalue weighted by Crippen LogP contribution is -2.34. The van der Waals surface area contributed by atoms with Crippen molar-refractivity contribution in [1.82, 2.24) is 10.6 Å². The lowest BCUT2D eigenvalue weighted by molar-refractivity contribution is 0.0941. The predicted octanol–water partition coefficient (Wildman–Crippen LogP) is 3.09. The van der Waals surface area contributed by atoms with Gasteiger partial charge in [-0.05, 0) is 74.6 Å². The summed E-state index contributed by atoms with van der Waals surface area (Å²) in [6.07, 6.45) is 0. The number of hydrogen-bond donors (Lipinski definition) is 3. The number of anilines is 1. The summed E-state index contributed by atoms with van der Waals surface area (Å²) in [6, 6.07) is 11.9. The summed E-state index contributed by atoms with van der Waals surface area (Å²) in [7, 11) is 0. The van der Waals surface area contributed by atoms with Crippen LogP contribution in [0.25, 0.3) is 0 Å². The molecule has 0 saturated heterocycles. The molecule has 2 aromatic rings. The number of carbonyl (C=O) groups excluding carboxylic acids is 2. The molecule has 2 aromatic carbocycles. The fourth-order valence-corrected chi connectivity index (χ4v) is 2.20. The van der Waals surface area contributed by atoms with Crippen LogP contribution < -0.4 is 16.0 Å². The minimum absolute atomic E-state index is 0.0551. The quantitative estimate of drug-likeness (QED) is 0.734. The first-order valence-corrected chi connectivity index (χ1v) is 8.05. The van der Waals surface area contributed by atoms with Crippen LogP contribution in [0.3, 0.4) is 0 Å². The summed E-state index contributed by atoms with van der Waals surface area (Å²) in [5.41, 5.74) is 1.46. The molecule has 25 heavy (non-hydrogen) atoms. The number of benzene rings is 2. The maximum absolute atomic E-state index is 12.9. The molecule has 0 aromatic heterocycles. The smallest absolute Gasteiger partial charge is 0.257 e. The third-order valence-corrected chi connectivity index (χ3v) is 3.36. The van der Waals surface area contributed by atoms with Gasteiger partial charge < -0.3 is 10.6 Å². The van der Waals surface area contributed by atoms with Crippen molar-refractivity contribution in [2.24, 2.45) is 0 Å². The maximum atomic E-state index is 12.9. The van der Waals surface area contributed by atoms with Crippen molar-refractivity contribution in [3.8, 4) is 0 Å². The first-order chi connectivity index (χ1) is 11.8. The average Bonchev–Trinajstić information content (AvgIpc) is 2.55. The number of thiocarbonyl (C=S) groups is 1. The van der Waals surface area contributed by atoms with Crippen LogP contribution in [-0.4, -0.2) is 23.0 Å². The summed E-state index contributed by atoms with van der Waals surface area (Å²) >= 11 is 5.08. The predicted molar refractivity (Wildman–Crippen MR) is 99.1 cm³/mol. The van der Waals surface area contributed by atoms with Crippen LogP contribution in [0.15, 0.2) is 48.5 Å². The minimum Gasteiger partial charge on any atom is -0.350 e. The molecule has 0 heterocycles. The van der Waals surface area contributed by atoms with Crippen molar-refractivity contribution < 1.29 is 14.0 Å². The van der Waals surface area contributed by atoms with Crippen molar-refractivity contribution in [1.29, 1.82) is 0 Å². The summed E-state index contributed by atoms with van der Waals surface area (Å²) < 4.78 is 12.9. The minimum atomic E-state index is -0.439. The van der Waals surface area contributed by atoms with E-state index in [4.69, 9.17) is 12.2 Å². The molecule has 0 aliphatic heterocycles. The number of hydrogen-bond acceptors (Lipinski definition) is 3. The van der Waals surface area contributed by atoms with E-state index in [1.807, 2.05) is 13.8 Å². The molecule has 0 fully saturated rings. The number of amides is 2. The van der Waals surface area contributed by atoms with Crippen molar-refractivity contribution in [3.63, 3.8) is 0 Å². The van der Waals surface area contributed by atoms with Gasteiger partial charge in [-0.2, -0.15) is 0 Å². The Kier molecular flexibility index (Phi) is 6.19. The molecule has 0 spiro atoms. The Balaban J connectivity index is 1.93. The lowest BCUT2D eigenvalue weighted by Gasteiger charge is -2.11. The number of halogens is 1. The Hall–Kier alpha value is -2.80. The molecule has 2 amide bonds. The average molecular weight is 359 g/mol. The molecule has 0 radical (unpaired) electrons. The molecule has 7 heteroatoms. The molecule has 0 saturated carbocycles. The fourth-order valence-electron chi connectivity index (χ4n) is 1.99. The Morgan fingerprint density at radius 1 is 0.920 bits per heavy atom. The van der Waals surface area contributed by atoms with E-state index in [2.05, 4.69) is 16.0 Å². The Bertz CT molecular complexity index is 774. The largest absolute Gasteiger partial charge is 0.350 e. The van der Waals surface area contributed by atoms with Crippen LogP contribution >= 0.6 is 12.2 Å². The Labute approximate surface area is 150 Å². The zero-order valence-electron chi connectivity index (χ0n) is 13.8. The van der Waals surface area contributed by atoms with E-state index in [-0.39, 0.29) is 17.1 Å². The van der Waals surface area contributed by atoms with E-state index < -0.39 is 11.7 Å². The van der Waals surface area contributed by atoms with E-state index in [0.29, 0.717) is 16.8 Å². The second-order valence-corrected chi connectivity index (χ2v) is 6.03. The normalized spacial score (nSPS) is 10.2. The van der Waals surface area contributed by atoms with E-state index in [1.54, 1.807) is 24.3 Å². The molecular formula is C18H18FN3O2S. The van der Waals surface area contributed by atoms with Crippen LogP contribution in [-0.2, 0) is 0 Å². The van der Waals surface area contributed by atoms with Gasteiger partial charge in [-0.15, -0.1) is 0 Å². The molecule has 130 valence electrons. The van der Waals surface area contributed by atoms with Gasteiger partial charge in [0.1, 0.15) is 5.82 Å². The van der Waals surface area contributed by atoms with Crippen molar-refractivity contribution in [2.75, 3.05) is 5.32 Å². The molecule has 0 bridgehead atoms. The van der Waals surface area contributed by atoms with Crippen LogP contribution in [0.4, 0.5) is 10.1 Å². The monoisotopic (exact) mass is 359 g/mol. The highest BCUT2D eigenvalue weighted by atomic mass is 32.1. The molecule has 0 aliphatic carbocycles. The molecule has 3 N–H and O–H groups in total. The zero-order valence-corrected chi connectivity index (χ0v) is 14.6. The van der Waals surface area contributed by atoms with Gasteiger partial charge in [-0.25, -0.2) is 4.39 Å². The fraction of sp³-hybridized carbons (Fsp3) is 0.167. The van der Waals surface area contributed by atoms with Gasteiger partial charge in [-0.1, -0.05) is 0 Å². The standard InChI is InChI=1S/C18H18FN3O2S/c1-11(2)20-16(23)13-5-9-15(10-6-13)21-18(25)22-17(24)12-3-7-14(19)8-4-12/h3-11H,1-2H3,(H,20,23)(H2,21,22,24,25). The molecule has 0 aliphatic rings. The van der Waals surface area contributed by atoms with E-state index in [9.17, 15) is 14.0 Å². The number of rotatable bonds is 4. The summed E-state index contributed by atoms with van der Waals surface area (Å²) in [6.45, 7) is 3.77. The highest BCUT2D eigenvalue weighted by Gasteiger charge is 2.09. The van der Waals surface area contributed by atoms with Gasteiger partial charge in [-0.3, -0.25) is 14.9 Å². The molecule has 0 unspecified atom stereocenters. The second kappa shape index (κ2) is 8.34. The van der Waals surface area contributed by atoms with Crippen molar-refractivity contribution >= 4 is 34.8 Å². The van der Waals surface area contributed by atoms with Crippen molar-refractivity contribution in [3.05, 3.63) is 65.5 Å². The summed E-state index contributed by atoms with van der Waals surface area (Å²) in [5, 5.41) is 8.27. The maximum Gasteiger partial charge on any atom is 0.257 e. The van der Waals surface area contributed by atoms with E-state index in [1.165, 1.54) is 24.3 Å². The SMILES string of the molecule is CC(C)NC(=O)c1ccc(NC(=S)NC(=O)c2ccc(F)cc2)cc1. The second-order valence-electron chi connectivity index (χ2n) is 5.62. The highest BCUT2D eigenvalue weighted by Crippen LogP contribution is 2.10. The summed E-state index contributed by atoms with van der Waals surface area (Å²) in [4.78, 5) is 23.9. The Morgan fingerprint density at radius 2 is 1.44 bits per heavy atom. The van der Waals surface area contributed by atoms with Gasteiger partial charge in [0, 0.05) is 22.9 Å². The van der Waals surface area contributed by atoms with E-state index >= 15 is 0 Å². The molecule has 0 atom stereocenters.